The molecule has 5 rings (SSSR count). The molecule has 2 bridgehead atoms. The molecule has 2 aromatic rings. The maximum absolute atomic E-state index is 14.6. The summed E-state index contributed by atoms with van der Waals surface area (Å²) in [5, 5.41) is 13.7. The molecule has 3 amide bonds. The number of benzene rings is 2. The molecule has 1 spiro atoms. The summed E-state index contributed by atoms with van der Waals surface area (Å²) in [6.45, 7) is 10.6. The van der Waals surface area contributed by atoms with Gasteiger partial charge in [-0.2, -0.15) is 0 Å². The smallest absolute Gasteiger partial charge is 0.313 e. The summed E-state index contributed by atoms with van der Waals surface area (Å²) >= 11 is 9.82. The van der Waals surface area contributed by atoms with E-state index in [0.29, 0.717) is 22.7 Å². The summed E-state index contributed by atoms with van der Waals surface area (Å²) in [5.74, 6) is -3.88. The van der Waals surface area contributed by atoms with Crippen molar-refractivity contribution in [1.82, 2.24) is 10.2 Å². The second-order valence-corrected chi connectivity index (χ2v) is 14.2. The van der Waals surface area contributed by atoms with Gasteiger partial charge in [-0.15, -0.1) is 13.2 Å². The van der Waals surface area contributed by atoms with Crippen molar-refractivity contribution in [2.45, 2.75) is 73.9 Å². The Balaban J connectivity index is 1.51. The Morgan fingerprint density at radius 2 is 1.85 bits per heavy atom. The number of allylic oxidation sites excluding steroid dienone is 1. The van der Waals surface area contributed by atoms with Gasteiger partial charge in [0.25, 0.3) is 5.91 Å². The van der Waals surface area contributed by atoms with Gasteiger partial charge in [-0.05, 0) is 56.5 Å². The van der Waals surface area contributed by atoms with Crippen molar-refractivity contribution in [1.29, 1.82) is 0 Å². The maximum Gasteiger partial charge on any atom is 0.313 e. The highest BCUT2D eigenvalue weighted by Crippen LogP contribution is 2.61. The van der Waals surface area contributed by atoms with Crippen molar-refractivity contribution in [3.63, 3.8) is 0 Å². The molecule has 3 fully saturated rings. The second-order valence-electron chi connectivity index (χ2n) is 12.6. The normalized spacial score (nSPS) is 27.5. The lowest BCUT2D eigenvalue weighted by Crippen LogP contribution is -2.58. The predicted molar refractivity (Wildman–Crippen MR) is 185 cm³/mol. The van der Waals surface area contributed by atoms with Crippen LogP contribution < -0.4 is 10.2 Å². The zero-order chi connectivity index (χ0) is 34.7. The molecule has 3 heterocycles. The van der Waals surface area contributed by atoms with Gasteiger partial charge in [0.05, 0.1) is 36.6 Å². The number of anilines is 1. The predicted octanol–water partition coefficient (Wildman–Crippen LogP) is 4.74. The Hall–Kier alpha value is -3.51. The maximum atomic E-state index is 14.6. The number of hydrogen-bond donors (Lipinski definition) is 2. The number of ether oxygens (including phenoxy) is 2. The summed E-state index contributed by atoms with van der Waals surface area (Å²) in [4.78, 5) is 58.6. The standard InChI is InChI=1S/C36H41BrClN3O7/c1-5-7-13-27(43)39-22(4)30(23-11-9-8-10-12-23)47-35(46)28-29-33(44)41(21(3)20-42)32(36(29)19-26(37)31(28)48-36)34(45)40(18-6-2)25-16-14-24(38)15-17-25/h5-6,8-12,14-17,21-22,26,28-32,42H,1-2,7,13,18-20H2,3-4H3,(H,39,43)/t21-,22+,26?,28-,29+,30+,31-,32-,36+/m1/s1. The van der Waals surface area contributed by atoms with Gasteiger partial charge >= 0.3 is 5.97 Å². The fourth-order valence-electron chi connectivity index (χ4n) is 7.34. The number of carbonyl (C=O) groups excluding carboxylic acids is 4. The van der Waals surface area contributed by atoms with E-state index < -0.39 is 72.2 Å². The molecule has 256 valence electrons. The summed E-state index contributed by atoms with van der Waals surface area (Å²) in [7, 11) is 0. The van der Waals surface area contributed by atoms with E-state index in [-0.39, 0.29) is 30.1 Å². The molecule has 0 saturated carbocycles. The molecular weight excluding hydrogens is 702 g/mol. The van der Waals surface area contributed by atoms with Crippen molar-refractivity contribution in [2.24, 2.45) is 11.8 Å². The number of halogens is 2. The van der Waals surface area contributed by atoms with E-state index in [1.807, 2.05) is 30.3 Å². The van der Waals surface area contributed by atoms with Crippen LogP contribution in [0.4, 0.5) is 5.69 Å². The lowest BCUT2D eigenvalue weighted by molar-refractivity contribution is -0.162. The van der Waals surface area contributed by atoms with Crippen LogP contribution in [0.15, 0.2) is 79.9 Å². The number of esters is 1. The zero-order valence-electron chi connectivity index (χ0n) is 27.0. The number of nitrogens with one attached hydrogen (secondary N) is 1. The van der Waals surface area contributed by atoms with Gasteiger partial charge in [0.15, 0.2) is 0 Å². The average Bonchev–Trinajstić information content (AvgIpc) is 3.68. The van der Waals surface area contributed by atoms with E-state index in [0.717, 1.165) is 0 Å². The number of aliphatic hydroxyl groups is 1. The van der Waals surface area contributed by atoms with Gasteiger partial charge < -0.3 is 29.7 Å². The molecule has 48 heavy (non-hydrogen) atoms. The van der Waals surface area contributed by atoms with Gasteiger partial charge in [-0.3, -0.25) is 19.2 Å². The first-order chi connectivity index (χ1) is 23.0. The Bertz CT molecular complexity index is 1540. The topological polar surface area (TPSA) is 125 Å². The first-order valence-electron chi connectivity index (χ1n) is 16.1. The Morgan fingerprint density at radius 3 is 2.48 bits per heavy atom. The van der Waals surface area contributed by atoms with Crippen LogP contribution in [0.5, 0.6) is 0 Å². The molecule has 3 aliphatic rings. The van der Waals surface area contributed by atoms with Gasteiger partial charge in [0.1, 0.15) is 17.7 Å². The molecule has 0 aliphatic carbocycles. The van der Waals surface area contributed by atoms with Crippen LogP contribution in [0.2, 0.25) is 5.02 Å². The third kappa shape index (κ3) is 6.57. The molecule has 1 unspecified atom stereocenters. The number of fused-ring (bicyclic) bond motifs is 1. The number of carbonyl (C=O) groups is 4. The molecule has 10 nitrogen and oxygen atoms in total. The summed E-state index contributed by atoms with van der Waals surface area (Å²) in [6.07, 6.45) is 2.63. The summed E-state index contributed by atoms with van der Waals surface area (Å²) < 4.78 is 12.8. The number of nitrogens with zero attached hydrogens (tertiary/aromatic N) is 2. The molecule has 0 radical (unpaired) electrons. The van der Waals surface area contributed by atoms with Crippen molar-refractivity contribution >= 4 is 56.9 Å². The number of likely N-dealkylation sites (tertiary alicyclic amines) is 1. The van der Waals surface area contributed by atoms with Gasteiger partial charge in [0, 0.05) is 28.5 Å². The third-order valence-corrected chi connectivity index (χ3v) is 10.6. The van der Waals surface area contributed by atoms with E-state index in [2.05, 4.69) is 34.4 Å². The average molecular weight is 743 g/mol. The van der Waals surface area contributed by atoms with Crippen LogP contribution in [0.3, 0.4) is 0 Å². The van der Waals surface area contributed by atoms with Gasteiger partial charge in [-0.25, -0.2) is 0 Å². The first kappa shape index (κ1) is 35.8. The van der Waals surface area contributed by atoms with Crippen molar-refractivity contribution in [3.8, 4) is 0 Å². The number of alkyl halides is 1. The fraction of sp³-hybridized carbons (Fsp3) is 0.444. The van der Waals surface area contributed by atoms with Crippen LogP contribution in [0.25, 0.3) is 0 Å². The number of amides is 3. The number of rotatable bonds is 14. The zero-order valence-corrected chi connectivity index (χ0v) is 29.3. The lowest BCUT2D eigenvalue weighted by atomic mass is 9.70. The molecule has 0 aromatic heterocycles. The molecule has 2 aromatic carbocycles. The number of hydrogen-bond acceptors (Lipinski definition) is 7. The minimum absolute atomic E-state index is 0.134. The third-order valence-electron chi connectivity index (χ3n) is 9.48. The summed E-state index contributed by atoms with van der Waals surface area (Å²) in [5.41, 5.74) is -0.165. The van der Waals surface area contributed by atoms with Crippen LogP contribution in [-0.2, 0) is 28.7 Å². The highest BCUT2D eigenvalue weighted by Gasteiger charge is 2.77. The van der Waals surface area contributed by atoms with E-state index in [4.69, 9.17) is 21.1 Å². The van der Waals surface area contributed by atoms with E-state index in [1.165, 1.54) is 9.80 Å². The molecule has 2 N–H and O–H groups in total. The molecular formula is C36H41BrClN3O7. The van der Waals surface area contributed by atoms with E-state index >= 15 is 0 Å². The van der Waals surface area contributed by atoms with Crippen molar-refractivity contribution in [3.05, 3.63) is 90.5 Å². The Morgan fingerprint density at radius 1 is 1.17 bits per heavy atom. The Kier molecular flexibility index (Phi) is 11.1. The minimum atomic E-state index is -1.38. The van der Waals surface area contributed by atoms with Crippen molar-refractivity contribution in [2.75, 3.05) is 18.1 Å². The second kappa shape index (κ2) is 14.9. The van der Waals surface area contributed by atoms with E-state index in [9.17, 15) is 24.3 Å². The van der Waals surface area contributed by atoms with Crippen LogP contribution in [0, 0.1) is 11.8 Å². The molecule has 3 saturated heterocycles. The monoisotopic (exact) mass is 741 g/mol. The fourth-order valence-corrected chi connectivity index (χ4v) is 8.41. The van der Waals surface area contributed by atoms with Crippen LogP contribution in [0.1, 0.15) is 44.8 Å². The molecule has 12 heteroatoms. The van der Waals surface area contributed by atoms with E-state index in [1.54, 1.807) is 50.3 Å². The quantitative estimate of drug-likeness (QED) is 0.163. The largest absolute Gasteiger partial charge is 0.455 e. The molecule has 3 aliphatic heterocycles. The minimum Gasteiger partial charge on any atom is -0.455 e. The highest BCUT2D eigenvalue weighted by atomic mass is 79.9. The van der Waals surface area contributed by atoms with Crippen molar-refractivity contribution < 1.29 is 33.8 Å². The van der Waals surface area contributed by atoms with Crippen LogP contribution in [-0.4, -0.2) is 81.5 Å². The summed E-state index contributed by atoms with van der Waals surface area (Å²) in [6, 6.07) is 13.3. The highest BCUT2D eigenvalue weighted by molar-refractivity contribution is 9.09. The Labute approximate surface area is 294 Å². The SMILES string of the molecule is C=CCCC(=O)N[C@@H](C)[C@H](OC(=O)[C@H]1[C@@H]2O[C@@]3(CC2Br)[C@@H]1C(=O)N([C@H](C)CO)[C@@H]3C(=O)N(CC=C)c1ccc(Cl)cc1)c1ccccc1. The van der Waals surface area contributed by atoms with Gasteiger partial charge in [-0.1, -0.05) is 70.0 Å². The van der Waals surface area contributed by atoms with Gasteiger partial charge in [0.2, 0.25) is 11.8 Å². The first-order valence-corrected chi connectivity index (χ1v) is 17.4. The number of aliphatic hydroxyl groups excluding tert-OH is 1. The molecule has 9 atom stereocenters. The lowest BCUT2D eigenvalue weighted by Gasteiger charge is -2.38. The van der Waals surface area contributed by atoms with Crippen LogP contribution >= 0.6 is 27.5 Å².